The Bertz CT molecular complexity index is 241. The molecule has 1 rings (SSSR count). The maximum Gasteiger partial charge on any atom is 0.237 e. The fourth-order valence-electron chi connectivity index (χ4n) is 1.99. The Morgan fingerprint density at radius 3 is 2.59 bits per heavy atom. The Morgan fingerprint density at radius 1 is 1.47 bits per heavy atom. The molecule has 0 heterocycles. The second kappa shape index (κ2) is 6.97. The highest BCUT2D eigenvalue weighted by molar-refractivity contribution is 5.81. The van der Waals surface area contributed by atoms with Gasteiger partial charge in [-0.05, 0) is 25.3 Å². The van der Waals surface area contributed by atoms with Gasteiger partial charge in [0.25, 0.3) is 0 Å². The zero-order valence-corrected chi connectivity index (χ0v) is 11.4. The zero-order chi connectivity index (χ0) is 12.8. The van der Waals surface area contributed by atoms with Crippen molar-refractivity contribution in [2.45, 2.75) is 52.1 Å². The third-order valence-corrected chi connectivity index (χ3v) is 3.73. The molecule has 1 fully saturated rings. The van der Waals surface area contributed by atoms with Gasteiger partial charge in [-0.15, -0.1) is 0 Å². The highest BCUT2D eigenvalue weighted by Crippen LogP contribution is 2.25. The summed E-state index contributed by atoms with van der Waals surface area (Å²) in [5.74, 6) is 0.243. The number of nitrogens with one attached hydrogen (secondary N) is 1. The smallest absolute Gasteiger partial charge is 0.237 e. The summed E-state index contributed by atoms with van der Waals surface area (Å²) in [5, 5.41) is 2.94. The first-order valence-corrected chi connectivity index (χ1v) is 6.87. The number of hydrogen-bond donors (Lipinski definition) is 2. The van der Waals surface area contributed by atoms with E-state index in [1.165, 1.54) is 12.8 Å². The highest BCUT2D eigenvalue weighted by Gasteiger charge is 2.27. The van der Waals surface area contributed by atoms with E-state index in [2.05, 4.69) is 24.1 Å². The molecule has 0 bridgehead atoms. The minimum atomic E-state index is -0.365. The molecule has 0 aromatic rings. The van der Waals surface area contributed by atoms with E-state index in [4.69, 9.17) is 5.73 Å². The molecule has 1 aliphatic carbocycles. The van der Waals surface area contributed by atoms with Crippen molar-refractivity contribution >= 4 is 5.91 Å². The van der Waals surface area contributed by atoms with Crippen molar-refractivity contribution in [3.05, 3.63) is 0 Å². The average Bonchev–Trinajstić information content (AvgIpc) is 3.16. The predicted octanol–water partition coefficient (Wildman–Crippen LogP) is 0.960. The van der Waals surface area contributed by atoms with Crippen LogP contribution >= 0.6 is 0 Å². The molecule has 2 atom stereocenters. The first kappa shape index (κ1) is 14.5. The first-order chi connectivity index (χ1) is 8.10. The number of amides is 1. The van der Waals surface area contributed by atoms with Gasteiger partial charge in [-0.1, -0.05) is 27.2 Å². The van der Waals surface area contributed by atoms with Crippen LogP contribution in [0.25, 0.3) is 0 Å². The molecule has 4 heteroatoms. The Hall–Kier alpha value is -0.610. The van der Waals surface area contributed by atoms with Crippen LogP contribution in [0.2, 0.25) is 0 Å². The van der Waals surface area contributed by atoms with Gasteiger partial charge >= 0.3 is 0 Å². The van der Waals surface area contributed by atoms with Crippen molar-refractivity contribution in [2.75, 3.05) is 19.6 Å². The molecular formula is C13H27N3O. The fraction of sp³-hybridized carbons (Fsp3) is 0.923. The molecule has 0 spiro atoms. The van der Waals surface area contributed by atoms with E-state index in [1.54, 1.807) is 0 Å². The maximum atomic E-state index is 11.7. The van der Waals surface area contributed by atoms with Crippen LogP contribution in [0.4, 0.5) is 0 Å². The van der Waals surface area contributed by atoms with Gasteiger partial charge in [0.05, 0.1) is 6.04 Å². The number of carbonyl (C=O) groups excluding carboxylic acids is 1. The van der Waals surface area contributed by atoms with Gasteiger partial charge < -0.3 is 11.1 Å². The summed E-state index contributed by atoms with van der Waals surface area (Å²) in [5.41, 5.74) is 5.87. The molecule has 4 nitrogen and oxygen atoms in total. The third-order valence-electron chi connectivity index (χ3n) is 3.73. The van der Waals surface area contributed by atoms with E-state index in [1.807, 2.05) is 6.92 Å². The van der Waals surface area contributed by atoms with Gasteiger partial charge in [0.2, 0.25) is 5.91 Å². The standard InChI is InChI=1S/C13H27N3O/c1-4-10(3)12(14)13(17)15-8-9-16(5-2)11-6-7-11/h10-12H,4-9,14H2,1-3H3,(H,15,17)/t10-,12-/m0/s1. The lowest BCUT2D eigenvalue weighted by Gasteiger charge is -2.22. The van der Waals surface area contributed by atoms with Gasteiger partial charge in [-0.2, -0.15) is 0 Å². The van der Waals surface area contributed by atoms with E-state index in [9.17, 15) is 4.79 Å². The molecule has 0 aromatic carbocycles. The van der Waals surface area contributed by atoms with Crippen molar-refractivity contribution < 1.29 is 4.79 Å². The van der Waals surface area contributed by atoms with Crippen LogP contribution in [0.1, 0.15) is 40.0 Å². The topological polar surface area (TPSA) is 58.4 Å². The summed E-state index contributed by atoms with van der Waals surface area (Å²) in [6, 6.07) is 0.399. The van der Waals surface area contributed by atoms with Crippen molar-refractivity contribution in [1.29, 1.82) is 0 Å². The van der Waals surface area contributed by atoms with Crippen molar-refractivity contribution in [3.63, 3.8) is 0 Å². The number of hydrogen-bond acceptors (Lipinski definition) is 3. The van der Waals surface area contributed by atoms with Crippen LogP contribution in [0.5, 0.6) is 0 Å². The maximum absolute atomic E-state index is 11.7. The van der Waals surface area contributed by atoms with Gasteiger partial charge in [-0.3, -0.25) is 9.69 Å². The summed E-state index contributed by atoms with van der Waals surface area (Å²) in [7, 11) is 0. The number of rotatable bonds is 8. The van der Waals surface area contributed by atoms with Crippen molar-refractivity contribution in [1.82, 2.24) is 10.2 Å². The molecular weight excluding hydrogens is 214 g/mol. The van der Waals surface area contributed by atoms with Crippen molar-refractivity contribution in [3.8, 4) is 0 Å². The monoisotopic (exact) mass is 241 g/mol. The zero-order valence-electron chi connectivity index (χ0n) is 11.4. The van der Waals surface area contributed by atoms with Gasteiger partial charge in [0.1, 0.15) is 0 Å². The SMILES string of the molecule is CC[C@H](C)[C@H](N)C(=O)NCCN(CC)C1CC1. The lowest BCUT2D eigenvalue weighted by Crippen LogP contribution is -2.46. The molecule has 0 aliphatic heterocycles. The lowest BCUT2D eigenvalue weighted by molar-refractivity contribution is -0.123. The largest absolute Gasteiger partial charge is 0.353 e. The van der Waals surface area contributed by atoms with Crippen molar-refractivity contribution in [2.24, 2.45) is 11.7 Å². The van der Waals surface area contributed by atoms with Gasteiger partial charge in [0.15, 0.2) is 0 Å². The molecule has 100 valence electrons. The first-order valence-electron chi connectivity index (χ1n) is 6.87. The van der Waals surface area contributed by atoms with E-state index in [-0.39, 0.29) is 17.9 Å². The number of likely N-dealkylation sites (N-methyl/N-ethyl adjacent to an activating group) is 1. The van der Waals surface area contributed by atoms with Crippen LogP contribution in [0, 0.1) is 5.92 Å². The lowest BCUT2D eigenvalue weighted by atomic mass is 9.99. The van der Waals surface area contributed by atoms with E-state index in [0.29, 0.717) is 6.54 Å². The van der Waals surface area contributed by atoms with E-state index in [0.717, 1.165) is 25.6 Å². The number of nitrogens with zero attached hydrogens (tertiary/aromatic N) is 1. The minimum Gasteiger partial charge on any atom is -0.353 e. The molecule has 17 heavy (non-hydrogen) atoms. The number of nitrogens with two attached hydrogens (primary N) is 1. The molecule has 0 aromatic heterocycles. The van der Waals surface area contributed by atoms with Crippen LogP contribution in [-0.2, 0) is 4.79 Å². The molecule has 0 saturated heterocycles. The van der Waals surface area contributed by atoms with Crippen LogP contribution in [-0.4, -0.2) is 42.5 Å². The summed E-state index contributed by atoms with van der Waals surface area (Å²) in [4.78, 5) is 14.2. The summed E-state index contributed by atoms with van der Waals surface area (Å²) in [6.45, 7) is 8.98. The average molecular weight is 241 g/mol. The van der Waals surface area contributed by atoms with Gasteiger partial charge in [0, 0.05) is 19.1 Å². The normalized spacial score (nSPS) is 19.1. The molecule has 0 radical (unpaired) electrons. The third kappa shape index (κ3) is 4.64. The minimum absolute atomic E-state index is 0.00815. The Kier molecular flexibility index (Phi) is 5.92. The predicted molar refractivity (Wildman–Crippen MR) is 70.7 cm³/mol. The molecule has 1 amide bonds. The quantitative estimate of drug-likeness (QED) is 0.665. The summed E-state index contributed by atoms with van der Waals surface area (Å²) in [6.07, 6.45) is 3.57. The number of carbonyl (C=O) groups is 1. The Morgan fingerprint density at radius 2 is 2.12 bits per heavy atom. The second-order valence-corrected chi connectivity index (χ2v) is 5.06. The fourth-order valence-corrected chi connectivity index (χ4v) is 1.99. The molecule has 0 unspecified atom stereocenters. The summed E-state index contributed by atoms with van der Waals surface area (Å²) >= 11 is 0. The molecule has 3 N–H and O–H groups in total. The van der Waals surface area contributed by atoms with E-state index < -0.39 is 0 Å². The highest BCUT2D eigenvalue weighted by atomic mass is 16.2. The summed E-state index contributed by atoms with van der Waals surface area (Å²) < 4.78 is 0. The van der Waals surface area contributed by atoms with E-state index >= 15 is 0 Å². The Balaban J connectivity index is 2.18. The molecule has 1 aliphatic rings. The molecule has 1 saturated carbocycles. The van der Waals surface area contributed by atoms with Crippen LogP contribution < -0.4 is 11.1 Å². The van der Waals surface area contributed by atoms with Gasteiger partial charge in [-0.25, -0.2) is 0 Å². The second-order valence-electron chi connectivity index (χ2n) is 5.06. The Labute approximate surface area is 105 Å². The van der Waals surface area contributed by atoms with Crippen LogP contribution in [0.15, 0.2) is 0 Å². The van der Waals surface area contributed by atoms with Crippen LogP contribution in [0.3, 0.4) is 0 Å².